The summed E-state index contributed by atoms with van der Waals surface area (Å²) in [5, 5.41) is 0. The summed E-state index contributed by atoms with van der Waals surface area (Å²) in [7, 11) is 0. The van der Waals surface area contributed by atoms with E-state index in [0.29, 0.717) is 0 Å². The molecule has 2 aliphatic carbocycles. The first-order valence-electron chi connectivity index (χ1n) is 22.8. The van der Waals surface area contributed by atoms with Crippen molar-refractivity contribution in [1.82, 2.24) is 0 Å². The fourth-order valence-corrected chi connectivity index (χ4v) is 11.1. The summed E-state index contributed by atoms with van der Waals surface area (Å²) in [4.78, 5) is 2.44. The minimum Gasteiger partial charge on any atom is -0.310 e. The van der Waals surface area contributed by atoms with Crippen molar-refractivity contribution in [3.8, 4) is 55.6 Å². The van der Waals surface area contributed by atoms with Crippen molar-refractivity contribution in [3.05, 3.63) is 282 Å². The molecule has 1 heteroatoms. The summed E-state index contributed by atoms with van der Waals surface area (Å²) >= 11 is 0. The van der Waals surface area contributed by atoms with E-state index in [1.165, 1.54) is 89.0 Å². The third-order valence-corrected chi connectivity index (χ3v) is 14.2. The van der Waals surface area contributed by atoms with Gasteiger partial charge >= 0.3 is 0 Å². The first-order valence-corrected chi connectivity index (χ1v) is 22.8. The first kappa shape index (κ1) is 38.7. The number of benzene rings is 10. The van der Waals surface area contributed by atoms with Gasteiger partial charge in [-0.2, -0.15) is 0 Å². The van der Waals surface area contributed by atoms with E-state index in [9.17, 15) is 0 Å². The molecule has 0 amide bonds. The number of hydrogen-bond donors (Lipinski definition) is 0. The Kier molecular flexibility index (Phi) is 9.14. The maximum Gasteiger partial charge on any atom is 0.0714 e. The predicted octanol–water partition coefficient (Wildman–Crippen LogP) is 16.8. The van der Waals surface area contributed by atoms with Gasteiger partial charge in [0, 0.05) is 22.5 Å². The molecule has 65 heavy (non-hydrogen) atoms. The van der Waals surface area contributed by atoms with E-state index in [1.54, 1.807) is 0 Å². The van der Waals surface area contributed by atoms with Crippen LogP contribution in [0.4, 0.5) is 17.1 Å². The molecule has 0 radical (unpaired) electrons. The van der Waals surface area contributed by atoms with Crippen LogP contribution >= 0.6 is 0 Å². The fourth-order valence-electron chi connectivity index (χ4n) is 11.1. The van der Waals surface area contributed by atoms with Gasteiger partial charge < -0.3 is 4.90 Å². The fraction of sp³-hybridized carbons (Fsp3) is 0.0625. The lowest BCUT2D eigenvalue weighted by Gasteiger charge is -2.36. The van der Waals surface area contributed by atoms with Crippen LogP contribution < -0.4 is 4.90 Å². The van der Waals surface area contributed by atoms with Gasteiger partial charge in [0.25, 0.3) is 0 Å². The molecule has 10 aromatic carbocycles. The van der Waals surface area contributed by atoms with Crippen LogP contribution in [0, 0.1) is 0 Å². The lowest BCUT2D eigenvalue weighted by molar-refractivity contribution is 0.656. The van der Waals surface area contributed by atoms with E-state index in [0.717, 1.165) is 17.1 Å². The molecule has 0 N–H and O–H groups in total. The zero-order chi connectivity index (χ0) is 43.5. The quantitative estimate of drug-likeness (QED) is 0.147. The predicted molar refractivity (Wildman–Crippen MR) is 272 cm³/mol. The normalized spacial score (nSPS) is 13.6. The van der Waals surface area contributed by atoms with Crippen LogP contribution in [-0.2, 0) is 10.8 Å². The molecule has 2 aliphatic rings. The highest BCUT2D eigenvalue weighted by molar-refractivity contribution is 6.06. The minimum atomic E-state index is -0.632. The summed E-state index contributed by atoms with van der Waals surface area (Å²) in [6, 6.07) is 92.0. The summed E-state index contributed by atoms with van der Waals surface area (Å²) in [6.07, 6.45) is 0. The molecule has 0 fully saturated rings. The Morgan fingerprint density at radius 1 is 0.277 bits per heavy atom. The maximum absolute atomic E-state index is 2.60. The zero-order valence-electron chi connectivity index (χ0n) is 36.6. The lowest BCUT2D eigenvalue weighted by Crippen LogP contribution is -2.29. The van der Waals surface area contributed by atoms with Gasteiger partial charge in [0.2, 0.25) is 0 Å². The van der Waals surface area contributed by atoms with Gasteiger partial charge in [0.15, 0.2) is 0 Å². The van der Waals surface area contributed by atoms with E-state index in [1.807, 2.05) is 0 Å². The van der Waals surface area contributed by atoms with Crippen LogP contribution in [-0.4, -0.2) is 0 Å². The van der Waals surface area contributed by atoms with Crippen molar-refractivity contribution in [2.45, 2.75) is 24.7 Å². The third-order valence-electron chi connectivity index (χ3n) is 14.2. The number of hydrogen-bond acceptors (Lipinski definition) is 1. The summed E-state index contributed by atoms with van der Waals surface area (Å²) < 4.78 is 0. The summed E-state index contributed by atoms with van der Waals surface area (Å²) in [5.41, 5.74) is 22.9. The summed E-state index contributed by atoms with van der Waals surface area (Å²) in [6.45, 7) is 4.82. The van der Waals surface area contributed by atoms with Crippen LogP contribution in [0.2, 0.25) is 0 Å². The van der Waals surface area contributed by atoms with Gasteiger partial charge in [-0.05, 0) is 125 Å². The molecule has 308 valence electrons. The second-order valence-electron chi connectivity index (χ2n) is 18.0. The summed E-state index contributed by atoms with van der Waals surface area (Å²) in [5.74, 6) is 0. The van der Waals surface area contributed by atoms with E-state index >= 15 is 0 Å². The Hall–Kier alpha value is -8.00. The molecule has 0 saturated carbocycles. The smallest absolute Gasteiger partial charge is 0.0714 e. The highest BCUT2D eigenvalue weighted by Crippen LogP contribution is 2.64. The van der Waals surface area contributed by atoms with Gasteiger partial charge in [0.1, 0.15) is 0 Å². The zero-order valence-corrected chi connectivity index (χ0v) is 36.6. The number of nitrogens with zero attached hydrogens (tertiary/aromatic N) is 1. The first-order chi connectivity index (χ1) is 32.0. The van der Waals surface area contributed by atoms with Crippen molar-refractivity contribution in [2.75, 3.05) is 4.90 Å². The molecular formula is C64H47N. The number of anilines is 3. The largest absolute Gasteiger partial charge is 0.310 e. The molecular weight excluding hydrogens is 783 g/mol. The maximum atomic E-state index is 2.60. The van der Waals surface area contributed by atoms with Crippen LogP contribution in [0.25, 0.3) is 55.6 Å². The molecule has 0 heterocycles. The van der Waals surface area contributed by atoms with Crippen molar-refractivity contribution >= 4 is 17.1 Å². The molecule has 0 saturated heterocycles. The Balaban J connectivity index is 1.16. The van der Waals surface area contributed by atoms with Gasteiger partial charge in [-0.25, -0.2) is 0 Å². The molecule has 10 aromatic rings. The molecule has 0 aliphatic heterocycles. The van der Waals surface area contributed by atoms with E-state index < -0.39 is 5.41 Å². The van der Waals surface area contributed by atoms with E-state index in [4.69, 9.17) is 0 Å². The van der Waals surface area contributed by atoms with Gasteiger partial charge in [-0.1, -0.05) is 226 Å². The average molecular weight is 830 g/mol. The van der Waals surface area contributed by atoms with Crippen molar-refractivity contribution < 1.29 is 0 Å². The second-order valence-corrected chi connectivity index (χ2v) is 18.0. The highest BCUT2D eigenvalue weighted by Gasteiger charge is 2.50. The number of fused-ring (bicyclic) bond motifs is 6. The van der Waals surface area contributed by atoms with Gasteiger partial charge in [-0.3, -0.25) is 0 Å². The average Bonchev–Trinajstić information content (AvgIpc) is 3.80. The number of rotatable bonds is 8. The lowest BCUT2D eigenvalue weighted by atomic mass is 9.66. The molecule has 12 rings (SSSR count). The van der Waals surface area contributed by atoms with Crippen LogP contribution in [0.1, 0.15) is 47.2 Å². The molecule has 0 atom stereocenters. The molecule has 0 bridgehead atoms. The molecule has 0 spiro atoms. The van der Waals surface area contributed by atoms with Crippen LogP contribution in [0.5, 0.6) is 0 Å². The Morgan fingerprint density at radius 2 is 0.677 bits per heavy atom. The van der Waals surface area contributed by atoms with Crippen LogP contribution in [0.15, 0.2) is 249 Å². The van der Waals surface area contributed by atoms with Gasteiger partial charge in [-0.15, -0.1) is 0 Å². The SMILES string of the molecule is CC1(C)c2ccccc2-c2c1cc1c(c2-c2ccccc2)-c2ccc(N(c3ccc(-c4ccccc4)cc3)c3ccc(-c4ccccc4)cc3)cc2C1(c1ccccc1)c1ccccc1. The Labute approximate surface area is 382 Å². The highest BCUT2D eigenvalue weighted by atomic mass is 15.1. The Morgan fingerprint density at radius 3 is 1.20 bits per heavy atom. The topological polar surface area (TPSA) is 3.24 Å². The Bertz CT molecular complexity index is 3210. The molecule has 1 nitrogen and oxygen atoms in total. The van der Waals surface area contributed by atoms with E-state index in [2.05, 4.69) is 267 Å². The second kappa shape index (κ2) is 15.4. The molecule has 0 unspecified atom stereocenters. The third kappa shape index (κ3) is 6.07. The standard InChI is InChI=1S/C64H47N/c1-63(2)56-31-19-18-30-54(56)61-58(63)43-59-62(60(61)48-24-12-5-13-25-48)55-41-40-53(42-57(55)64(59,49-26-14-6-15-27-49)50-28-16-7-17-29-50)65(51-36-32-46(33-37-51)44-20-8-3-9-21-44)52-38-34-47(35-39-52)45-22-10-4-11-23-45/h3-43H,1-2H3. The molecule has 0 aromatic heterocycles. The minimum absolute atomic E-state index is 0.210. The monoisotopic (exact) mass is 829 g/mol. The van der Waals surface area contributed by atoms with Crippen molar-refractivity contribution in [1.29, 1.82) is 0 Å². The van der Waals surface area contributed by atoms with E-state index in [-0.39, 0.29) is 5.41 Å². The van der Waals surface area contributed by atoms with Crippen molar-refractivity contribution in [3.63, 3.8) is 0 Å². The van der Waals surface area contributed by atoms with Crippen LogP contribution in [0.3, 0.4) is 0 Å². The van der Waals surface area contributed by atoms with Crippen molar-refractivity contribution in [2.24, 2.45) is 0 Å². The van der Waals surface area contributed by atoms with Gasteiger partial charge in [0.05, 0.1) is 5.41 Å².